The van der Waals surface area contributed by atoms with Crippen LogP contribution in [0.1, 0.15) is 23.6 Å². The predicted octanol–water partition coefficient (Wildman–Crippen LogP) is 3.17. The summed E-state index contributed by atoms with van der Waals surface area (Å²) in [7, 11) is 0. The second-order valence-corrected chi connectivity index (χ2v) is 6.33. The molecule has 1 amide bonds. The molecule has 2 aromatic carbocycles. The topological polar surface area (TPSA) is 55.6 Å². The van der Waals surface area contributed by atoms with Crippen molar-refractivity contribution in [3.05, 3.63) is 71.8 Å². The third kappa shape index (κ3) is 5.30. The molecule has 2 N–H and O–H groups in total. The molecule has 0 bridgehead atoms. The Kier molecular flexibility index (Phi) is 7.44. The summed E-state index contributed by atoms with van der Waals surface area (Å²) in [6.45, 7) is 2.79. The SMILES string of the molecule is Cl.NC(C(=O)N1CCC(COCc2ccccc2)C1)c1ccccc1. The maximum absolute atomic E-state index is 12.5. The van der Waals surface area contributed by atoms with E-state index in [-0.39, 0.29) is 18.3 Å². The summed E-state index contributed by atoms with van der Waals surface area (Å²) in [4.78, 5) is 14.4. The second kappa shape index (κ2) is 9.56. The smallest absolute Gasteiger partial charge is 0.244 e. The lowest BCUT2D eigenvalue weighted by atomic mass is 10.1. The number of ether oxygens (including phenoxy) is 1. The Labute approximate surface area is 155 Å². The fourth-order valence-electron chi connectivity index (χ4n) is 3.09. The first-order valence-corrected chi connectivity index (χ1v) is 8.45. The van der Waals surface area contributed by atoms with Crippen molar-refractivity contribution in [3.63, 3.8) is 0 Å². The molecule has 0 radical (unpaired) electrons. The third-order valence-corrected chi connectivity index (χ3v) is 4.49. The largest absolute Gasteiger partial charge is 0.376 e. The van der Waals surface area contributed by atoms with Gasteiger partial charge in [-0.2, -0.15) is 0 Å². The van der Waals surface area contributed by atoms with Crippen molar-refractivity contribution >= 4 is 18.3 Å². The highest BCUT2D eigenvalue weighted by Gasteiger charge is 2.29. The van der Waals surface area contributed by atoms with Crippen LogP contribution >= 0.6 is 12.4 Å². The van der Waals surface area contributed by atoms with Crippen LogP contribution in [-0.2, 0) is 16.1 Å². The molecule has 5 heteroatoms. The lowest BCUT2D eigenvalue weighted by molar-refractivity contribution is -0.131. The molecule has 2 atom stereocenters. The summed E-state index contributed by atoms with van der Waals surface area (Å²) in [5.74, 6) is 0.396. The number of hydrogen-bond donors (Lipinski definition) is 1. The van der Waals surface area contributed by atoms with E-state index in [1.807, 2.05) is 53.4 Å². The van der Waals surface area contributed by atoms with Crippen molar-refractivity contribution in [1.82, 2.24) is 4.90 Å². The Morgan fingerprint density at radius 2 is 1.76 bits per heavy atom. The molecule has 0 spiro atoms. The molecule has 3 rings (SSSR count). The van der Waals surface area contributed by atoms with E-state index in [0.29, 0.717) is 19.1 Å². The van der Waals surface area contributed by atoms with Gasteiger partial charge >= 0.3 is 0 Å². The normalized spacial score (nSPS) is 17.8. The Morgan fingerprint density at radius 3 is 2.44 bits per heavy atom. The molecule has 0 aromatic heterocycles. The van der Waals surface area contributed by atoms with Gasteiger partial charge in [0.05, 0.1) is 13.2 Å². The first-order valence-electron chi connectivity index (χ1n) is 8.45. The van der Waals surface area contributed by atoms with E-state index < -0.39 is 6.04 Å². The molecular formula is C20H25ClN2O2. The number of nitrogens with zero attached hydrogens (tertiary/aromatic N) is 1. The second-order valence-electron chi connectivity index (χ2n) is 6.33. The van der Waals surface area contributed by atoms with Crippen LogP contribution in [0.3, 0.4) is 0 Å². The zero-order valence-electron chi connectivity index (χ0n) is 14.2. The van der Waals surface area contributed by atoms with Gasteiger partial charge in [0, 0.05) is 19.0 Å². The standard InChI is InChI=1S/C20H24N2O2.ClH/c21-19(18-9-5-2-6-10-18)20(23)22-12-11-17(13-22)15-24-14-16-7-3-1-4-8-16;/h1-10,17,19H,11-15,21H2;1H. The van der Waals surface area contributed by atoms with Crippen LogP contribution in [0.15, 0.2) is 60.7 Å². The minimum Gasteiger partial charge on any atom is -0.376 e. The zero-order valence-corrected chi connectivity index (χ0v) is 15.0. The quantitative estimate of drug-likeness (QED) is 0.860. The molecule has 1 saturated heterocycles. The maximum Gasteiger partial charge on any atom is 0.244 e. The maximum atomic E-state index is 12.5. The number of nitrogens with two attached hydrogens (primary N) is 1. The summed E-state index contributed by atoms with van der Waals surface area (Å²) in [6, 6.07) is 19.1. The van der Waals surface area contributed by atoms with E-state index in [0.717, 1.165) is 25.1 Å². The van der Waals surface area contributed by atoms with Gasteiger partial charge in [-0.1, -0.05) is 60.7 Å². The van der Waals surface area contributed by atoms with Crippen molar-refractivity contribution in [2.24, 2.45) is 11.7 Å². The average Bonchev–Trinajstić information content (AvgIpc) is 3.11. The number of hydrogen-bond acceptors (Lipinski definition) is 3. The van der Waals surface area contributed by atoms with Gasteiger partial charge in [-0.15, -0.1) is 12.4 Å². The molecule has 134 valence electrons. The number of carbonyl (C=O) groups excluding carboxylic acids is 1. The van der Waals surface area contributed by atoms with Crippen molar-refractivity contribution < 1.29 is 9.53 Å². The Hall–Kier alpha value is -1.88. The summed E-state index contributed by atoms with van der Waals surface area (Å²) in [5, 5.41) is 0. The van der Waals surface area contributed by atoms with Crippen LogP contribution in [0.4, 0.5) is 0 Å². The summed E-state index contributed by atoms with van der Waals surface area (Å²) in [5.41, 5.74) is 8.16. The van der Waals surface area contributed by atoms with Gasteiger partial charge in [-0.25, -0.2) is 0 Å². The van der Waals surface area contributed by atoms with Crippen LogP contribution in [0.2, 0.25) is 0 Å². The molecule has 0 aliphatic carbocycles. The molecule has 1 fully saturated rings. The first kappa shape index (κ1) is 19.4. The molecule has 1 aliphatic heterocycles. The third-order valence-electron chi connectivity index (χ3n) is 4.49. The van der Waals surface area contributed by atoms with Crippen LogP contribution in [0, 0.1) is 5.92 Å². The molecule has 4 nitrogen and oxygen atoms in total. The van der Waals surface area contributed by atoms with E-state index in [1.165, 1.54) is 5.56 Å². The summed E-state index contributed by atoms with van der Waals surface area (Å²) < 4.78 is 5.81. The molecule has 1 heterocycles. The van der Waals surface area contributed by atoms with E-state index in [4.69, 9.17) is 10.5 Å². The first-order chi connectivity index (χ1) is 11.7. The van der Waals surface area contributed by atoms with Gasteiger partial charge in [0.2, 0.25) is 5.91 Å². The number of benzene rings is 2. The van der Waals surface area contributed by atoms with Gasteiger partial charge in [0.25, 0.3) is 0 Å². The Balaban J connectivity index is 0.00000225. The van der Waals surface area contributed by atoms with Gasteiger partial charge in [0.1, 0.15) is 6.04 Å². The van der Waals surface area contributed by atoms with E-state index in [9.17, 15) is 4.79 Å². The number of likely N-dealkylation sites (tertiary alicyclic amines) is 1. The van der Waals surface area contributed by atoms with Gasteiger partial charge in [-0.3, -0.25) is 4.79 Å². The number of amides is 1. The molecule has 2 unspecified atom stereocenters. The van der Waals surface area contributed by atoms with Crippen LogP contribution in [0.25, 0.3) is 0 Å². The highest BCUT2D eigenvalue weighted by Crippen LogP contribution is 2.21. The van der Waals surface area contributed by atoms with Gasteiger partial charge in [-0.05, 0) is 17.5 Å². The van der Waals surface area contributed by atoms with Crippen LogP contribution in [0.5, 0.6) is 0 Å². The van der Waals surface area contributed by atoms with E-state index in [2.05, 4.69) is 12.1 Å². The molecule has 0 saturated carbocycles. The van der Waals surface area contributed by atoms with Crippen LogP contribution < -0.4 is 5.73 Å². The Bertz CT molecular complexity index is 651. The van der Waals surface area contributed by atoms with E-state index >= 15 is 0 Å². The summed E-state index contributed by atoms with van der Waals surface area (Å²) in [6.07, 6.45) is 0.974. The molecule has 1 aliphatic rings. The minimum absolute atomic E-state index is 0. The monoisotopic (exact) mass is 360 g/mol. The lowest BCUT2D eigenvalue weighted by Crippen LogP contribution is -2.37. The van der Waals surface area contributed by atoms with Gasteiger partial charge < -0.3 is 15.4 Å². The summed E-state index contributed by atoms with van der Waals surface area (Å²) >= 11 is 0. The highest BCUT2D eigenvalue weighted by atomic mass is 35.5. The highest BCUT2D eigenvalue weighted by molar-refractivity contribution is 5.85. The average molecular weight is 361 g/mol. The molecule has 2 aromatic rings. The van der Waals surface area contributed by atoms with Crippen molar-refractivity contribution in [2.45, 2.75) is 19.1 Å². The zero-order chi connectivity index (χ0) is 16.8. The number of carbonyl (C=O) groups is 1. The number of rotatable bonds is 6. The van der Waals surface area contributed by atoms with Crippen molar-refractivity contribution in [2.75, 3.05) is 19.7 Å². The Morgan fingerprint density at radius 1 is 1.12 bits per heavy atom. The van der Waals surface area contributed by atoms with Gasteiger partial charge in [0.15, 0.2) is 0 Å². The molecule has 25 heavy (non-hydrogen) atoms. The predicted molar refractivity (Wildman–Crippen MR) is 101 cm³/mol. The van der Waals surface area contributed by atoms with Crippen molar-refractivity contribution in [1.29, 1.82) is 0 Å². The van der Waals surface area contributed by atoms with Crippen LogP contribution in [-0.4, -0.2) is 30.5 Å². The minimum atomic E-state index is -0.574. The fourth-order valence-corrected chi connectivity index (χ4v) is 3.09. The van der Waals surface area contributed by atoms with E-state index in [1.54, 1.807) is 0 Å². The fraction of sp³-hybridized carbons (Fsp3) is 0.350. The lowest BCUT2D eigenvalue weighted by Gasteiger charge is -2.21. The molecular weight excluding hydrogens is 336 g/mol. The van der Waals surface area contributed by atoms with Crippen molar-refractivity contribution in [3.8, 4) is 0 Å². The number of halogens is 1.